The molecule has 1 aromatic heterocycles. The van der Waals surface area contributed by atoms with Crippen LogP contribution in [-0.4, -0.2) is 71.3 Å². The standard InChI is InChI=1S/C37H42N3O6P/c41-27-32-34(43)35(44)37(46-32)40-24-13-14-28(26-40)36(45)39-23-22-38-33(42)21-11-4-12-25-47(29-15-5-1-6-16-29,30-17-7-2-8-18-30)31-19-9-3-10-20-31/h1-3,5-10,13-20,24,26,32,34-35,37,41,43-44H,4,11-12,21-23,25,27H2/p+2/t32-,34-,35-,37-/m1/s1. The Bertz CT molecular complexity index is 1480. The van der Waals surface area contributed by atoms with E-state index in [-0.39, 0.29) is 18.4 Å². The number of ether oxygens (including phenoxy) is 1. The van der Waals surface area contributed by atoms with E-state index >= 15 is 0 Å². The molecule has 3 aromatic carbocycles. The third-order valence-corrected chi connectivity index (χ3v) is 13.1. The van der Waals surface area contributed by atoms with Gasteiger partial charge in [-0.25, -0.2) is 0 Å². The third-order valence-electron chi connectivity index (χ3n) is 8.62. The van der Waals surface area contributed by atoms with Crippen LogP contribution >= 0.6 is 7.26 Å². The molecule has 0 bridgehead atoms. The van der Waals surface area contributed by atoms with Crippen LogP contribution in [-0.2, 0) is 9.53 Å². The first-order valence-electron chi connectivity index (χ1n) is 16.2. The fraction of sp³-hybridized carbons (Fsp3) is 0.324. The van der Waals surface area contributed by atoms with Crippen LogP contribution in [0.4, 0.5) is 0 Å². The molecule has 0 radical (unpaired) electrons. The molecule has 246 valence electrons. The van der Waals surface area contributed by atoms with Crippen molar-refractivity contribution in [2.24, 2.45) is 0 Å². The van der Waals surface area contributed by atoms with Gasteiger partial charge in [-0.3, -0.25) is 9.59 Å². The summed E-state index contributed by atoms with van der Waals surface area (Å²) in [6, 6.07) is 35.7. The smallest absolute Gasteiger partial charge is 0.292 e. The molecule has 1 fully saturated rings. The molecule has 10 heteroatoms. The van der Waals surface area contributed by atoms with E-state index in [0.29, 0.717) is 18.5 Å². The summed E-state index contributed by atoms with van der Waals surface area (Å²) >= 11 is 0. The van der Waals surface area contributed by atoms with Crippen molar-refractivity contribution in [1.82, 2.24) is 10.6 Å². The quantitative estimate of drug-likeness (QED) is 0.0756. The average molecular weight is 658 g/mol. The van der Waals surface area contributed by atoms with E-state index < -0.39 is 38.4 Å². The molecule has 1 aliphatic heterocycles. The van der Waals surface area contributed by atoms with E-state index in [1.165, 1.54) is 26.7 Å². The Balaban J connectivity index is 1.08. The first kappa shape index (κ1) is 34.4. The topological polar surface area (TPSA) is 132 Å². The summed E-state index contributed by atoms with van der Waals surface area (Å²) in [5.41, 5.74) is 0.331. The number of aliphatic hydroxyl groups excluding tert-OH is 3. The zero-order valence-corrected chi connectivity index (χ0v) is 27.3. The Morgan fingerprint density at radius 3 is 1.85 bits per heavy atom. The van der Waals surface area contributed by atoms with Crippen LogP contribution < -0.4 is 31.1 Å². The number of aliphatic hydroxyl groups is 3. The molecule has 0 saturated carbocycles. The van der Waals surface area contributed by atoms with Crippen LogP contribution in [0.15, 0.2) is 116 Å². The van der Waals surface area contributed by atoms with E-state index in [1.54, 1.807) is 18.3 Å². The van der Waals surface area contributed by atoms with Crippen molar-refractivity contribution in [3.8, 4) is 0 Å². The van der Waals surface area contributed by atoms with Crippen molar-refractivity contribution >= 4 is 35.0 Å². The van der Waals surface area contributed by atoms with Gasteiger partial charge >= 0.3 is 0 Å². The molecule has 5 rings (SSSR count). The number of nitrogens with zero attached hydrogens (tertiary/aromatic N) is 1. The summed E-state index contributed by atoms with van der Waals surface area (Å²) in [6.45, 7) is 0.127. The maximum Gasteiger partial charge on any atom is 0.292 e. The van der Waals surface area contributed by atoms with Gasteiger partial charge in [-0.15, -0.1) is 0 Å². The summed E-state index contributed by atoms with van der Waals surface area (Å²) in [7, 11) is -1.88. The van der Waals surface area contributed by atoms with Crippen molar-refractivity contribution in [2.75, 3.05) is 25.9 Å². The van der Waals surface area contributed by atoms with Gasteiger partial charge in [-0.1, -0.05) is 54.6 Å². The van der Waals surface area contributed by atoms with Gasteiger partial charge in [0, 0.05) is 25.6 Å². The number of benzene rings is 3. The number of amides is 2. The molecule has 47 heavy (non-hydrogen) atoms. The lowest BCUT2D eigenvalue weighted by Gasteiger charge is -2.27. The summed E-state index contributed by atoms with van der Waals surface area (Å²) < 4.78 is 7.03. The molecule has 2 heterocycles. The first-order valence-corrected chi connectivity index (χ1v) is 18.1. The van der Waals surface area contributed by atoms with Crippen molar-refractivity contribution in [3.63, 3.8) is 0 Å². The normalized spacial score (nSPS) is 19.3. The second kappa shape index (κ2) is 16.7. The fourth-order valence-corrected chi connectivity index (χ4v) is 10.6. The first-order chi connectivity index (χ1) is 22.9. The van der Waals surface area contributed by atoms with Crippen LogP contribution in [0.3, 0.4) is 0 Å². The lowest BCUT2D eigenvalue weighted by molar-refractivity contribution is -0.765. The molecular formula is C37H44N3O6P+2. The molecule has 0 spiro atoms. The minimum absolute atomic E-state index is 0.0450. The largest absolute Gasteiger partial charge is 0.394 e. The minimum Gasteiger partial charge on any atom is -0.394 e. The molecule has 4 aromatic rings. The molecule has 4 atom stereocenters. The van der Waals surface area contributed by atoms with E-state index in [2.05, 4.69) is 102 Å². The molecule has 1 saturated heterocycles. The Morgan fingerprint density at radius 2 is 1.30 bits per heavy atom. The van der Waals surface area contributed by atoms with E-state index in [9.17, 15) is 24.9 Å². The SMILES string of the molecule is O=C(CCCCC[P+](c1ccccc1)(c1ccccc1)c1ccccc1)NCCNC(=O)c1ccc[n+]([C@@H]2O[C@H](CO)[C@@H](O)[C@H]2O)c1. The van der Waals surface area contributed by atoms with E-state index in [0.717, 1.165) is 25.4 Å². The molecule has 2 amide bonds. The van der Waals surface area contributed by atoms with Gasteiger partial charge < -0.3 is 30.7 Å². The lowest BCUT2D eigenvalue weighted by atomic mass is 10.1. The Morgan fingerprint density at radius 1 is 0.723 bits per heavy atom. The predicted octanol–water partition coefficient (Wildman–Crippen LogP) is 1.99. The molecule has 5 N–H and O–H groups in total. The second-order valence-corrected chi connectivity index (χ2v) is 15.3. The number of hydrogen-bond acceptors (Lipinski definition) is 6. The average Bonchev–Trinajstić information content (AvgIpc) is 3.42. The van der Waals surface area contributed by atoms with E-state index in [1.807, 2.05) is 0 Å². The number of hydrogen-bond donors (Lipinski definition) is 5. The molecule has 0 unspecified atom stereocenters. The Labute approximate surface area is 276 Å². The van der Waals surface area contributed by atoms with Crippen LogP contribution in [0.25, 0.3) is 0 Å². The summed E-state index contributed by atoms with van der Waals surface area (Å²) in [6.07, 6.45) is 2.97. The van der Waals surface area contributed by atoms with Gasteiger partial charge in [-0.2, -0.15) is 4.57 Å². The maximum atomic E-state index is 12.7. The summed E-state index contributed by atoms with van der Waals surface area (Å²) in [5, 5.41) is 39.4. The number of rotatable bonds is 15. The number of pyridine rings is 1. The molecule has 1 aliphatic rings. The predicted molar refractivity (Wildman–Crippen MR) is 183 cm³/mol. The van der Waals surface area contributed by atoms with Gasteiger partial charge in [0.1, 0.15) is 40.9 Å². The highest BCUT2D eigenvalue weighted by Crippen LogP contribution is 2.56. The number of unbranched alkanes of at least 4 members (excludes halogenated alkanes) is 2. The van der Waals surface area contributed by atoms with Gasteiger partial charge in [0.25, 0.3) is 12.1 Å². The van der Waals surface area contributed by atoms with Crippen molar-refractivity contribution in [1.29, 1.82) is 0 Å². The maximum absolute atomic E-state index is 12.7. The number of carbonyl (C=O) groups excluding carboxylic acids is 2. The third kappa shape index (κ3) is 8.30. The van der Waals surface area contributed by atoms with Crippen molar-refractivity contribution in [3.05, 3.63) is 121 Å². The van der Waals surface area contributed by atoms with Crippen molar-refractivity contribution in [2.45, 2.75) is 50.2 Å². The van der Waals surface area contributed by atoms with Gasteiger partial charge in [-0.05, 0) is 61.7 Å². The zero-order valence-electron chi connectivity index (χ0n) is 26.4. The molecule has 0 aliphatic carbocycles. The van der Waals surface area contributed by atoms with Gasteiger partial charge in [0.2, 0.25) is 5.91 Å². The Hall–Kier alpha value is -3.98. The molecular weight excluding hydrogens is 613 g/mol. The zero-order chi connectivity index (χ0) is 33.1. The Kier molecular flexibility index (Phi) is 12.2. The van der Waals surface area contributed by atoms with Crippen LogP contribution in [0.2, 0.25) is 0 Å². The molecule has 9 nitrogen and oxygen atoms in total. The number of carbonyl (C=O) groups is 2. The van der Waals surface area contributed by atoms with Crippen LogP contribution in [0, 0.1) is 0 Å². The summed E-state index contributed by atoms with van der Waals surface area (Å²) in [4.78, 5) is 25.3. The van der Waals surface area contributed by atoms with E-state index in [4.69, 9.17) is 4.74 Å². The lowest BCUT2D eigenvalue weighted by Crippen LogP contribution is -2.46. The van der Waals surface area contributed by atoms with Gasteiger partial charge in [0.05, 0.1) is 12.8 Å². The highest BCUT2D eigenvalue weighted by Gasteiger charge is 2.48. The highest BCUT2D eigenvalue weighted by atomic mass is 31.2. The highest BCUT2D eigenvalue weighted by molar-refractivity contribution is 7.95. The fourth-order valence-electron chi connectivity index (χ4n) is 6.17. The minimum atomic E-state index is -1.88. The summed E-state index contributed by atoms with van der Waals surface area (Å²) in [5.74, 6) is -0.390. The second-order valence-electron chi connectivity index (χ2n) is 11.7. The van der Waals surface area contributed by atoms with Crippen LogP contribution in [0.5, 0.6) is 0 Å². The van der Waals surface area contributed by atoms with Crippen LogP contribution in [0.1, 0.15) is 42.3 Å². The number of nitrogens with one attached hydrogen (secondary N) is 2. The number of aromatic nitrogens is 1. The van der Waals surface area contributed by atoms with Gasteiger partial charge in [0.15, 0.2) is 18.5 Å². The van der Waals surface area contributed by atoms with Crippen molar-refractivity contribution < 1.29 is 34.2 Å². The monoisotopic (exact) mass is 657 g/mol.